The number of pyridine rings is 1. The Bertz CT molecular complexity index is 1000. The number of anilines is 1. The second-order valence-electron chi connectivity index (χ2n) is 8.10. The van der Waals surface area contributed by atoms with Crippen LogP contribution in [0.2, 0.25) is 0 Å². The molecule has 0 bridgehead atoms. The molecule has 0 N–H and O–H groups in total. The van der Waals surface area contributed by atoms with Crippen LogP contribution in [0.5, 0.6) is 0 Å². The Morgan fingerprint density at radius 3 is 2.43 bits per heavy atom. The van der Waals surface area contributed by atoms with Gasteiger partial charge in [0.05, 0.1) is 0 Å². The number of rotatable bonds is 4. The van der Waals surface area contributed by atoms with E-state index in [1.807, 2.05) is 53.6 Å². The molecule has 1 amide bonds. The summed E-state index contributed by atoms with van der Waals surface area (Å²) in [7, 11) is 0. The van der Waals surface area contributed by atoms with Crippen molar-refractivity contribution in [1.82, 2.24) is 14.8 Å². The fraction of sp³-hybridized carbons (Fsp3) is 0.333. The van der Waals surface area contributed by atoms with Gasteiger partial charge in [0, 0.05) is 57.1 Å². The Hall–Kier alpha value is -3.12. The molecule has 0 aliphatic carbocycles. The summed E-state index contributed by atoms with van der Waals surface area (Å²) in [6, 6.07) is 18.3. The molecule has 0 radical (unpaired) electrons. The number of piperazine rings is 1. The lowest BCUT2D eigenvalue weighted by atomic mass is 10.1. The van der Waals surface area contributed by atoms with Gasteiger partial charge in [-0.15, -0.1) is 0 Å². The molecular formula is C24H26N4O2. The number of hydrogen-bond donors (Lipinski definition) is 0. The summed E-state index contributed by atoms with van der Waals surface area (Å²) >= 11 is 0. The van der Waals surface area contributed by atoms with E-state index >= 15 is 0 Å². The van der Waals surface area contributed by atoms with E-state index in [1.54, 1.807) is 6.07 Å². The molecule has 0 saturated carbocycles. The van der Waals surface area contributed by atoms with Crippen molar-refractivity contribution in [1.29, 1.82) is 0 Å². The van der Waals surface area contributed by atoms with Crippen molar-refractivity contribution >= 4 is 11.7 Å². The smallest absolute Gasteiger partial charge is 0.289 e. The van der Waals surface area contributed by atoms with Crippen LogP contribution in [0.3, 0.4) is 0 Å². The number of furan rings is 1. The lowest BCUT2D eigenvalue weighted by Gasteiger charge is -2.48. The summed E-state index contributed by atoms with van der Waals surface area (Å²) in [5.74, 6) is 2.19. The standard InChI is InChI=1S/C24H26N4O2/c1-18-5-7-19(8-6-18)21-9-10-22(30-21)24(29)28-16-20(17-28)26-12-14-27(15-13-26)23-4-2-3-11-25-23/h2-11,20H,12-17H2,1H3. The van der Waals surface area contributed by atoms with Crippen molar-refractivity contribution in [2.75, 3.05) is 44.2 Å². The number of amides is 1. The van der Waals surface area contributed by atoms with Gasteiger partial charge in [-0.05, 0) is 31.2 Å². The second kappa shape index (κ2) is 7.95. The number of nitrogens with zero attached hydrogens (tertiary/aromatic N) is 4. The van der Waals surface area contributed by atoms with E-state index in [-0.39, 0.29) is 5.91 Å². The van der Waals surface area contributed by atoms with Crippen LogP contribution < -0.4 is 4.90 Å². The number of aryl methyl sites for hydroxylation is 1. The molecule has 1 aromatic carbocycles. The van der Waals surface area contributed by atoms with Gasteiger partial charge in [0.25, 0.3) is 5.91 Å². The maximum atomic E-state index is 12.8. The zero-order valence-electron chi connectivity index (χ0n) is 17.2. The summed E-state index contributed by atoms with van der Waals surface area (Å²) in [5, 5.41) is 0. The SMILES string of the molecule is Cc1ccc(-c2ccc(C(=O)N3CC(N4CCN(c5ccccn5)CC4)C3)o2)cc1. The summed E-state index contributed by atoms with van der Waals surface area (Å²) < 4.78 is 5.85. The van der Waals surface area contributed by atoms with Crippen molar-refractivity contribution in [3.05, 3.63) is 72.1 Å². The van der Waals surface area contributed by atoms with E-state index < -0.39 is 0 Å². The molecule has 4 heterocycles. The van der Waals surface area contributed by atoms with Crippen LogP contribution in [-0.4, -0.2) is 66.0 Å². The van der Waals surface area contributed by atoms with Gasteiger partial charge in [-0.25, -0.2) is 4.98 Å². The highest BCUT2D eigenvalue weighted by Gasteiger charge is 2.37. The lowest BCUT2D eigenvalue weighted by molar-refractivity contribution is 0.0224. The third-order valence-corrected chi connectivity index (χ3v) is 6.11. The fourth-order valence-electron chi connectivity index (χ4n) is 4.19. The number of aromatic nitrogens is 1. The third kappa shape index (κ3) is 3.71. The zero-order chi connectivity index (χ0) is 20.5. The minimum Gasteiger partial charge on any atom is -0.451 e. The molecule has 0 spiro atoms. The Labute approximate surface area is 176 Å². The molecule has 0 atom stereocenters. The van der Waals surface area contributed by atoms with Crippen LogP contribution >= 0.6 is 0 Å². The molecular weight excluding hydrogens is 376 g/mol. The molecule has 2 aromatic heterocycles. The highest BCUT2D eigenvalue weighted by Crippen LogP contribution is 2.26. The summed E-state index contributed by atoms with van der Waals surface area (Å²) in [4.78, 5) is 23.9. The molecule has 3 aromatic rings. The normalized spacial score (nSPS) is 17.8. The van der Waals surface area contributed by atoms with E-state index in [9.17, 15) is 4.79 Å². The van der Waals surface area contributed by atoms with Gasteiger partial charge in [-0.2, -0.15) is 0 Å². The van der Waals surface area contributed by atoms with Gasteiger partial charge >= 0.3 is 0 Å². The highest BCUT2D eigenvalue weighted by atomic mass is 16.4. The van der Waals surface area contributed by atoms with Crippen molar-refractivity contribution in [2.24, 2.45) is 0 Å². The van der Waals surface area contributed by atoms with Gasteiger partial charge in [0.15, 0.2) is 5.76 Å². The molecule has 6 nitrogen and oxygen atoms in total. The fourth-order valence-corrected chi connectivity index (χ4v) is 4.19. The van der Waals surface area contributed by atoms with Crippen LogP contribution in [-0.2, 0) is 0 Å². The number of benzene rings is 1. The Morgan fingerprint density at radius 1 is 0.967 bits per heavy atom. The first-order valence-corrected chi connectivity index (χ1v) is 10.5. The molecule has 2 aliphatic heterocycles. The predicted molar refractivity (Wildman–Crippen MR) is 117 cm³/mol. The Balaban J connectivity index is 1.14. The summed E-state index contributed by atoms with van der Waals surface area (Å²) in [6.07, 6.45) is 1.84. The van der Waals surface area contributed by atoms with Crippen LogP contribution in [0.25, 0.3) is 11.3 Å². The van der Waals surface area contributed by atoms with Crippen molar-refractivity contribution < 1.29 is 9.21 Å². The Kier molecular flexibility index (Phi) is 5.01. The van der Waals surface area contributed by atoms with E-state index in [0.717, 1.165) is 56.4 Å². The van der Waals surface area contributed by atoms with E-state index in [2.05, 4.69) is 27.8 Å². The first-order chi connectivity index (χ1) is 14.7. The average molecular weight is 402 g/mol. The van der Waals surface area contributed by atoms with Crippen LogP contribution in [0.4, 0.5) is 5.82 Å². The van der Waals surface area contributed by atoms with Crippen molar-refractivity contribution in [2.45, 2.75) is 13.0 Å². The topological polar surface area (TPSA) is 52.8 Å². The number of likely N-dealkylation sites (tertiary alicyclic amines) is 1. The van der Waals surface area contributed by atoms with Gasteiger partial charge in [-0.3, -0.25) is 9.69 Å². The van der Waals surface area contributed by atoms with Crippen LogP contribution in [0, 0.1) is 6.92 Å². The predicted octanol–water partition coefficient (Wildman–Crippen LogP) is 3.30. The average Bonchev–Trinajstić information content (AvgIpc) is 3.25. The quantitative estimate of drug-likeness (QED) is 0.670. The molecule has 2 fully saturated rings. The first kappa shape index (κ1) is 18.9. The minimum absolute atomic E-state index is 0.0169. The van der Waals surface area contributed by atoms with Gasteiger partial charge < -0.3 is 14.2 Å². The summed E-state index contributed by atoms with van der Waals surface area (Å²) in [6.45, 7) is 7.54. The van der Waals surface area contributed by atoms with Gasteiger partial charge in [-0.1, -0.05) is 35.9 Å². The first-order valence-electron chi connectivity index (χ1n) is 10.5. The van der Waals surface area contributed by atoms with Crippen molar-refractivity contribution in [3.63, 3.8) is 0 Å². The minimum atomic E-state index is -0.0169. The maximum absolute atomic E-state index is 12.8. The summed E-state index contributed by atoms with van der Waals surface area (Å²) in [5.41, 5.74) is 2.20. The maximum Gasteiger partial charge on any atom is 0.289 e. The molecule has 6 heteroatoms. The molecule has 0 unspecified atom stereocenters. The van der Waals surface area contributed by atoms with E-state index in [0.29, 0.717) is 11.8 Å². The van der Waals surface area contributed by atoms with Crippen LogP contribution in [0.15, 0.2) is 65.2 Å². The van der Waals surface area contributed by atoms with E-state index in [4.69, 9.17) is 4.42 Å². The highest BCUT2D eigenvalue weighted by molar-refractivity contribution is 5.92. The zero-order valence-corrected chi connectivity index (χ0v) is 17.2. The van der Waals surface area contributed by atoms with Crippen molar-refractivity contribution in [3.8, 4) is 11.3 Å². The Morgan fingerprint density at radius 2 is 1.73 bits per heavy atom. The number of carbonyl (C=O) groups is 1. The van der Waals surface area contributed by atoms with Gasteiger partial charge in [0.2, 0.25) is 0 Å². The van der Waals surface area contributed by atoms with Crippen LogP contribution in [0.1, 0.15) is 16.1 Å². The molecule has 5 rings (SSSR count). The monoisotopic (exact) mass is 402 g/mol. The molecule has 154 valence electrons. The molecule has 30 heavy (non-hydrogen) atoms. The lowest BCUT2D eigenvalue weighted by Crippen LogP contribution is -2.64. The second-order valence-corrected chi connectivity index (χ2v) is 8.10. The van der Waals surface area contributed by atoms with E-state index in [1.165, 1.54) is 5.56 Å². The molecule has 2 aliphatic rings. The third-order valence-electron chi connectivity index (χ3n) is 6.11. The molecule has 2 saturated heterocycles. The largest absolute Gasteiger partial charge is 0.451 e. The number of hydrogen-bond acceptors (Lipinski definition) is 5. The van der Waals surface area contributed by atoms with Gasteiger partial charge in [0.1, 0.15) is 11.6 Å². The number of carbonyl (C=O) groups excluding carboxylic acids is 1.